The Labute approximate surface area is 159 Å². The van der Waals surface area contributed by atoms with Crippen LogP contribution >= 0.6 is 11.6 Å². The molecule has 0 fully saturated rings. The summed E-state index contributed by atoms with van der Waals surface area (Å²) in [6.45, 7) is 0. The van der Waals surface area contributed by atoms with Crippen molar-refractivity contribution in [2.24, 2.45) is 0 Å². The number of hydrogen-bond acceptors (Lipinski definition) is 7. The first-order chi connectivity index (χ1) is 13.0. The summed E-state index contributed by atoms with van der Waals surface area (Å²) in [4.78, 5) is 27.6. The third-order valence-corrected chi connectivity index (χ3v) is 3.86. The molecule has 0 spiro atoms. The van der Waals surface area contributed by atoms with Crippen LogP contribution in [0.2, 0.25) is 5.02 Å². The summed E-state index contributed by atoms with van der Waals surface area (Å²) in [6, 6.07) is 12.2. The standard InChI is InChI=1S/C19H15ClN2O5/c1-25-17(23)10-15(19(24)26-2)21-13-6-3-11(4-7-13)18-22-14-9-12(20)5-8-16(14)27-18/h3-10,21H,1-2H3/b15-10+. The largest absolute Gasteiger partial charge is 0.466 e. The number of fused-ring (bicyclic) bond motifs is 1. The number of hydrogen-bond donors (Lipinski definition) is 1. The van der Waals surface area contributed by atoms with Gasteiger partial charge in [0.05, 0.1) is 20.3 Å². The zero-order valence-electron chi connectivity index (χ0n) is 14.5. The summed E-state index contributed by atoms with van der Waals surface area (Å²) >= 11 is 5.96. The molecule has 3 rings (SSSR count). The molecule has 3 aromatic rings. The van der Waals surface area contributed by atoms with E-state index in [2.05, 4.69) is 19.8 Å². The highest BCUT2D eigenvalue weighted by molar-refractivity contribution is 6.31. The molecule has 0 saturated heterocycles. The number of oxazole rings is 1. The van der Waals surface area contributed by atoms with Crippen molar-refractivity contribution in [3.05, 3.63) is 59.3 Å². The van der Waals surface area contributed by atoms with Gasteiger partial charge in [-0.25, -0.2) is 14.6 Å². The monoisotopic (exact) mass is 386 g/mol. The first-order valence-corrected chi connectivity index (χ1v) is 8.19. The molecule has 0 amide bonds. The van der Waals surface area contributed by atoms with Crippen molar-refractivity contribution in [3.8, 4) is 11.5 Å². The fourth-order valence-corrected chi connectivity index (χ4v) is 2.47. The first-order valence-electron chi connectivity index (χ1n) is 7.81. The van der Waals surface area contributed by atoms with Crippen LogP contribution in [0.15, 0.2) is 58.7 Å². The molecule has 0 atom stereocenters. The van der Waals surface area contributed by atoms with Crippen molar-refractivity contribution in [1.29, 1.82) is 0 Å². The molecule has 0 radical (unpaired) electrons. The Morgan fingerprint density at radius 3 is 2.52 bits per heavy atom. The van der Waals surface area contributed by atoms with Gasteiger partial charge in [0, 0.05) is 16.3 Å². The number of anilines is 1. The second-order valence-corrected chi connectivity index (χ2v) is 5.84. The molecule has 27 heavy (non-hydrogen) atoms. The third kappa shape index (κ3) is 4.27. The number of halogens is 1. The molecule has 7 nitrogen and oxygen atoms in total. The van der Waals surface area contributed by atoms with E-state index in [4.69, 9.17) is 16.0 Å². The van der Waals surface area contributed by atoms with Crippen LogP contribution in [0.1, 0.15) is 0 Å². The van der Waals surface area contributed by atoms with Crippen LogP contribution in [0.25, 0.3) is 22.6 Å². The highest BCUT2D eigenvalue weighted by atomic mass is 35.5. The number of carbonyl (C=O) groups excluding carboxylic acids is 2. The number of carbonyl (C=O) groups is 2. The summed E-state index contributed by atoms with van der Waals surface area (Å²) in [7, 11) is 2.44. The maximum Gasteiger partial charge on any atom is 0.354 e. The molecule has 0 aliphatic carbocycles. The van der Waals surface area contributed by atoms with E-state index < -0.39 is 11.9 Å². The Hall–Kier alpha value is -3.32. The number of benzene rings is 2. The van der Waals surface area contributed by atoms with E-state index in [0.717, 1.165) is 11.6 Å². The number of esters is 2. The van der Waals surface area contributed by atoms with E-state index in [1.165, 1.54) is 14.2 Å². The molecule has 8 heteroatoms. The van der Waals surface area contributed by atoms with E-state index in [0.29, 0.717) is 27.7 Å². The van der Waals surface area contributed by atoms with Crippen molar-refractivity contribution in [1.82, 2.24) is 4.98 Å². The molecule has 0 aliphatic heterocycles. The Kier molecular flexibility index (Phi) is 5.42. The quantitative estimate of drug-likeness (QED) is 0.527. The number of rotatable bonds is 5. The van der Waals surface area contributed by atoms with Crippen molar-refractivity contribution in [2.75, 3.05) is 19.5 Å². The second-order valence-electron chi connectivity index (χ2n) is 5.41. The van der Waals surface area contributed by atoms with Crippen LogP contribution in [-0.2, 0) is 19.1 Å². The van der Waals surface area contributed by atoms with Gasteiger partial charge in [0.15, 0.2) is 5.58 Å². The molecule has 1 aromatic heterocycles. The van der Waals surface area contributed by atoms with Crippen LogP contribution in [-0.4, -0.2) is 31.1 Å². The van der Waals surface area contributed by atoms with Gasteiger partial charge >= 0.3 is 11.9 Å². The summed E-state index contributed by atoms with van der Waals surface area (Å²) < 4.78 is 14.9. The molecular weight excluding hydrogens is 372 g/mol. The van der Waals surface area contributed by atoms with Gasteiger partial charge in [-0.1, -0.05) is 11.6 Å². The fraction of sp³-hybridized carbons (Fsp3) is 0.105. The third-order valence-electron chi connectivity index (χ3n) is 3.63. The summed E-state index contributed by atoms with van der Waals surface area (Å²) in [5.41, 5.74) is 2.55. The molecule has 1 N–H and O–H groups in total. The molecule has 138 valence electrons. The number of ether oxygens (including phenoxy) is 2. The molecule has 0 bridgehead atoms. The average Bonchev–Trinajstić information content (AvgIpc) is 3.10. The van der Waals surface area contributed by atoms with Gasteiger partial charge in [0.2, 0.25) is 5.89 Å². The zero-order valence-corrected chi connectivity index (χ0v) is 15.2. The molecule has 1 heterocycles. The minimum atomic E-state index is -0.694. The number of aromatic nitrogens is 1. The predicted molar refractivity (Wildman–Crippen MR) is 100 cm³/mol. The summed E-state index contributed by atoms with van der Waals surface area (Å²) in [5.74, 6) is -0.929. The molecule has 0 aliphatic rings. The van der Waals surface area contributed by atoms with Gasteiger partial charge in [-0.15, -0.1) is 0 Å². The van der Waals surface area contributed by atoms with E-state index in [-0.39, 0.29) is 5.70 Å². The summed E-state index contributed by atoms with van der Waals surface area (Å²) in [5, 5.41) is 3.40. The zero-order chi connectivity index (χ0) is 19.4. The van der Waals surface area contributed by atoms with Gasteiger partial charge in [-0.05, 0) is 42.5 Å². The Balaban J connectivity index is 1.84. The van der Waals surface area contributed by atoms with E-state index in [1.54, 1.807) is 42.5 Å². The Morgan fingerprint density at radius 1 is 1.11 bits per heavy atom. The van der Waals surface area contributed by atoms with Gasteiger partial charge in [0.25, 0.3) is 0 Å². The van der Waals surface area contributed by atoms with Gasteiger partial charge in [-0.2, -0.15) is 0 Å². The van der Waals surface area contributed by atoms with Crippen LogP contribution < -0.4 is 5.32 Å². The maximum atomic E-state index is 11.8. The predicted octanol–water partition coefficient (Wildman–Crippen LogP) is 3.79. The Bertz CT molecular complexity index is 1020. The van der Waals surface area contributed by atoms with Crippen LogP contribution in [0.3, 0.4) is 0 Å². The van der Waals surface area contributed by atoms with E-state index in [9.17, 15) is 9.59 Å². The lowest BCUT2D eigenvalue weighted by atomic mass is 10.2. The van der Waals surface area contributed by atoms with Crippen LogP contribution in [0.5, 0.6) is 0 Å². The second kappa shape index (κ2) is 7.92. The van der Waals surface area contributed by atoms with Crippen LogP contribution in [0.4, 0.5) is 5.69 Å². The lowest BCUT2D eigenvalue weighted by Crippen LogP contribution is -2.15. The van der Waals surface area contributed by atoms with Crippen molar-refractivity contribution in [3.63, 3.8) is 0 Å². The lowest BCUT2D eigenvalue weighted by molar-refractivity contribution is -0.138. The SMILES string of the molecule is COC(=O)/C=C(/Nc1ccc(-c2nc3cc(Cl)ccc3o2)cc1)C(=O)OC. The normalized spacial score (nSPS) is 11.3. The van der Waals surface area contributed by atoms with Gasteiger partial charge < -0.3 is 19.2 Å². The highest BCUT2D eigenvalue weighted by Crippen LogP contribution is 2.27. The Morgan fingerprint density at radius 2 is 1.85 bits per heavy atom. The first kappa shape index (κ1) is 18.5. The van der Waals surface area contributed by atoms with E-state index >= 15 is 0 Å². The fourth-order valence-electron chi connectivity index (χ4n) is 2.31. The number of nitrogens with zero attached hydrogens (tertiary/aromatic N) is 1. The highest BCUT2D eigenvalue weighted by Gasteiger charge is 2.13. The van der Waals surface area contributed by atoms with Crippen molar-refractivity contribution in [2.45, 2.75) is 0 Å². The average molecular weight is 387 g/mol. The minimum absolute atomic E-state index is 0.0476. The van der Waals surface area contributed by atoms with Crippen LogP contribution in [0, 0.1) is 0 Å². The van der Waals surface area contributed by atoms with Gasteiger partial charge in [0.1, 0.15) is 11.2 Å². The molecular formula is C19H15ClN2O5. The van der Waals surface area contributed by atoms with Crippen molar-refractivity contribution < 1.29 is 23.5 Å². The summed E-state index contributed by atoms with van der Waals surface area (Å²) in [6.07, 6.45) is 1.02. The molecule has 2 aromatic carbocycles. The number of nitrogens with one attached hydrogen (secondary N) is 1. The maximum absolute atomic E-state index is 11.8. The van der Waals surface area contributed by atoms with E-state index in [1.807, 2.05) is 0 Å². The smallest absolute Gasteiger partial charge is 0.354 e. The molecule has 0 unspecified atom stereocenters. The van der Waals surface area contributed by atoms with Gasteiger partial charge in [-0.3, -0.25) is 0 Å². The molecule has 0 saturated carbocycles. The number of methoxy groups -OCH3 is 2. The minimum Gasteiger partial charge on any atom is -0.466 e. The topological polar surface area (TPSA) is 90.7 Å². The van der Waals surface area contributed by atoms with Crippen molar-refractivity contribution >= 4 is 40.3 Å². The lowest BCUT2D eigenvalue weighted by Gasteiger charge is -2.09.